The zero-order valence-electron chi connectivity index (χ0n) is 22.3. The summed E-state index contributed by atoms with van der Waals surface area (Å²) < 4.78 is 29.7. The van der Waals surface area contributed by atoms with Crippen LogP contribution in [0.25, 0.3) is 22.0 Å². The zero-order chi connectivity index (χ0) is 28.3. The SMILES string of the molecule is CC(=O)Nc1ccc(Nc2nnc(-c3ccc(C)c(S(=O)(=O)N[C@H](C)c4ccccc4)c3)c3ccccc23)cc1. The summed E-state index contributed by atoms with van der Waals surface area (Å²) in [5.74, 6) is 0.423. The van der Waals surface area contributed by atoms with Crippen molar-refractivity contribution < 1.29 is 13.2 Å². The van der Waals surface area contributed by atoms with Gasteiger partial charge in [0.2, 0.25) is 15.9 Å². The number of benzene rings is 4. The Morgan fingerprint density at radius 1 is 0.800 bits per heavy atom. The van der Waals surface area contributed by atoms with E-state index in [9.17, 15) is 13.2 Å². The van der Waals surface area contributed by atoms with Gasteiger partial charge in [0.25, 0.3) is 0 Å². The number of anilines is 3. The fourth-order valence-electron chi connectivity index (χ4n) is 4.53. The predicted octanol–water partition coefficient (Wildman–Crippen LogP) is 6.35. The smallest absolute Gasteiger partial charge is 0.241 e. The maximum Gasteiger partial charge on any atom is 0.241 e. The van der Waals surface area contributed by atoms with Gasteiger partial charge in [-0.2, -0.15) is 0 Å². The van der Waals surface area contributed by atoms with Gasteiger partial charge in [-0.05, 0) is 55.3 Å². The highest BCUT2D eigenvalue weighted by molar-refractivity contribution is 7.89. The van der Waals surface area contributed by atoms with Crippen molar-refractivity contribution in [1.82, 2.24) is 14.9 Å². The molecule has 0 saturated carbocycles. The number of nitrogens with zero attached hydrogens (tertiary/aromatic N) is 2. The number of amides is 1. The van der Waals surface area contributed by atoms with Gasteiger partial charge in [0, 0.05) is 40.7 Å². The highest BCUT2D eigenvalue weighted by Crippen LogP contribution is 2.33. The molecule has 0 bridgehead atoms. The third-order valence-electron chi connectivity index (χ3n) is 6.54. The quantitative estimate of drug-likeness (QED) is 0.207. The second kappa shape index (κ2) is 11.3. The van der Waals surface area contributed by atoms with Crippen LogP contribution in [0.15, 0.2) is 102 Å². The molecule has 5 aromatic rings. The van der Waals surface area contributed by atoms with Crippen LogP contribution in [0.2, 0.25) is 0 Å². The molecule has 0 aliphatic carbocycles. The van der Waals surface area contributed by atoms with Gasteiger partial charge in [-0.25, -0.2) is 13.1 Å². The lowest BCUT2D eigenvalue weighted by atomic mass is 10.0. The molecule has 1 heterocycles. The van der Waals surface area contributed by atoms with E-state index in [1.807, 2.05) is 79.7 Å². The maximum absolute atomic E-state index is 13.4. The van der Waals surface area contributed by atoms with Crippen molar-refractivity contribution in [3.63, 3.8) is 0 Å². The largest absolute Gasteiger partial charge is 0.338 e. The molecule has 1 aromatic heterocycles. The van der Waals surface area contributed by atoms with Gasteiger partial charge in [0.05, 0.1) is 4.90 Å². The lowest BCUT2D eigenvalue weighted by Crippen LogP contribution is -2.27. The van der Waals surface area contributed by atoms with E-state index >= 15 is 0 Å². The Balaban J connectivity index is 1.48. The van der Waals surface area contributed by atoms with E-state index in [0.29, 0.717) is 28.3 Å². The number of hydrogen-bond donors (Lipinski definition) is 3. The molecule has 4 aromatic carbocycles. The van der Waals surface area contributed by atoms with E-state index < -0.39 is 16.1 Å². The summed E-state index contributed by atoms with van der Waals surface area (Å²) in [5.41, 5.74) is 4.22. The number of aromatic nitrogens is 2. The van der Waals surface area contributed by atoms with Crippen molar-refractivity contribution in [3.8, 4) is 11.3 Å². The zero-order valence-corrected chi connectivity index (χ0v) is 23.2. The van der Waals surface area contributed by atoms with Crippen molar-refractivity contribution in [2.75, 3.05) is 10.6 Å². The number of carbonyl (C=O) groups excluding carboxylic acids is 1. The lowest BCUT2D eigenvalue weighted by Gasteiger charge is -2.17. The van der Waals surface area contributed by atoms with Crippen LogP contribution >= 0.6 is 0 Å². The Morgan fingerprint density at radius 3 is 2.15 bits per heavy atom. The molecule has 3 N–H and O–H groups in total. The van der Waals surface area contributed by atoms with Crippen LogP contribution in [0, 0.1) is 6.92 Å². The number of hydrogen-bond acceptors (Lipinski definition) is 6. The molecule has 8 nitrogen and oxygen atoms in total. The predicted molar refractivity (Wildman–Crippen MR) is 159 cm³/mol. The average Bonchev–Trinajstić information content (AvgIpc) is 2.94. The molecule has 40 heavy (non-hydrogen) atoms. The van der Waals surface area contributed by atoms with E-state index in [4.69, 9.17) is 0 Å². The summed E-state index contributed by atoms with van der Waals surface area (Å²) in [7, 11) is -3.82. The van der Waals surface area contributed by atoms with Gasteiger partial charge in [-0.3, -0.25) is 4.79 Å². The minimum absolute atomic E-state index is 0.137. The van der Waals surface area contributed by atoms with Crippen LogP contribution in [0.3, 0.4) is 0 Å². The van der Waals surface area contributed by atoms with Gasteiger partial charge < -0.3 is 10.6 Å². The summed E-state index contributed by atoms with van der Waals surface area (Å²) in [6.07, 6.45) is 0. The van der Waals surface area contributed by atoms with Crippen LogP contribution in [-0.4, -0.2) is 24.5 Å². The number of carbonyl (C=O) groups is 1. The molecule has 9 heteroatoms. The molecule has 1 amide bonds. The fourth-order valence-corrected chi connectivity index (χ4v) is 6.03. The molecule has 0 aliphatic rings. The number of rotatable bonds is 8. The maximum atomic E-state index is 13.4. The standard InChI is InChI=1S/C31H29N5O3S/c1-20-13-14-24(19-29(20)40(38,39)36-21(2)23-9-5-4-6-10-23)30-27-11-7-8-12-28(27)31(35-34-30)33-26-17-15-25(16-18-26)32-22(3)37/h4-19,21,36H,1-3H3,(H,32,37)(H,33,35)/t21-/m1/s1. The second-order valence-electron chi connectivity index (χ2n) is 9.56. The Labute approximate surface area is 233 Å². The fraction of sp³-hybridized carbons (Fsp3) is 0.129. The molecule has 5 rings (SSSR count). The molecule has 202 valence electrons. The second-order valence-corrected chi connectivity index (χ2v) is 11.2. The normalized spacial score (nSPS) is 12.2. The third kappa shape index (κ3) is 5.85. The van der Waals surface area contributed by atoms with Crippen LogP contribution in [-0.2, 0) is 14.8 Å². The highest BCUT2D eigenvalue weighted by atomic mass is 32.2. The average molecular weight is 552 g/mol. The molecule has 0 aliphatic heterocycles. The van der Waals surface area contributed by atoms with E-state index in [1.54, 1.807) is 31.2 Å². The summed E-state index contributed by atoms with van der Waals surface area (Å²) in [6, 6.07) is 29.4. The Bertz CT molecular complexity index is 1790. The van der Waals surface area contributed by atoms with Gasteiger partial charge in [-0.1, -0.05) is 66.7 Å². The topological polar surface area (TPSA) is 113 Å². The van der Waals surface area contributed by atoms with Gasteiger partial charge in [0.15, 0.2) is 5.82 Å². The van der Waals surface area contributed by atoms with E-state index in [-0.39, 0.29) is 10.8 Å². The van der Waals surface area contributed by atoms with Crippen LogP contribution in [0.1, 0.15) is 31.0 Å². The van der Waals surface area contributed by atoms with E-state index in [2.05, 4.69) is 25.6 Å². The molecule has 0 radical (unpaired) electrons. The number of aryl methyl sites for hydroxylation is 1. The van der Waals surface area contributed by atoms with Gasteiger partial charge in [-0.15, -0.1) is 10.2 Å². The minimum atomic E-state index is -3.82. The first-order valence-corrected chi connectivity index (χ1v) is 14.3. The van der Waals surface area contributed by atoms with E-state index in [0.717, 1.165) is 22.0 Å². The Morgan fingerprint density at radius 2 is 1.45 bits per heavy atom. The molecule has 0 fully saturated rings. The van der Waals surface area contributed by atoms with Crippen molar-refractivity contribution >= 4 is 43.9 Å². The first-order valence-electron chi connectivity index (χ1n) is 12.8. The molecular weight excluding hydrogens is 522 g/mol. The number of nitrogens with one attached hydrogen (secondary N) is 3. The molecule has 0 saturated heterocycles. The first kappa shape index (κ1) is 27.0. The van der Waals surface area contributed by atoms with Crippen LogP contribution in [0.5, 0.6) is 0 Å². The van der Waals surface area contributed by atoms with Crippen molar-refractivity contribution in [3.05, 3.63) is 108 Å². The highest BCUT2D eigenvalue weighted by Gasteiger charge is 2.22. The monoisotopic (exact) mass is 551 g/mol. The Hall–Kier alpha value is -4.60. The van der Waals surface area contributed by atoms with Crippen LogP contribution < -0.4 is 15.4 Å². The first-order chi connectivity index (χ1) is 19.2. The summed E-state index contributed by atoms with van der Waals surface area (Å²) in [5, 5.41) is 16.7. The van der Waals surface area contributed by atoms with Gasteiger partial charge >= 0.3 is 0 Å². The molecular formula is C31H29N5O3S. The van der Waals surface area contributed by atoms with Crippen molar-refractivity contribution in [2.24, 2.45) is 0 Å². The van der Waals surface area contributed by atoms with Crippen molar-refractivity contribution in [2.45, 2.75) is 31.7 Å². The number of fused-ring (bicyclic) bond motifs is 1. The van der Waals surface area contributed by atoms with Crippen LogP contribution in [0.4, 0.5) is 17.2 Å². The summed E-state index contributed by atoms with van der Waals surface area (Å²) in [6.45, 7) is 5.06. The molecule has 1 atom stereocenters. The van der Waals surface area contributed by atoms with Crippen molar-refractivity contribution in [1.29, 1.82) is 0 Å². The van der Waals surface area contributed by atoms with E-state index in [1.165, 1.54) is 6.92 Å². The molecule has 0 spiro atoms. The van der Waals surface area contributed by atoms with Gasteiger partial charge in [0.1, 0.15) is 5.69 Å². The Kier molecular flexibility index (Phi) is 7.59. The molecule has 0 unspecified atom stereocenters. The number of sulfonamides is 1. The lowest BCUT2D eigenvalue weighted by molar-refractivity contribution is -0.114. The minimum Gasteiger partial charge on any atom is -0.338 e. The summed E-state index contributed by atoms with van der Waals surface area (Å²) in [4.78, 5) is 11.5. The summed E-state index contributed by atoms with van der Waals surface area (Å²) >= 11 is 0. The third-order valence-corrected chi connectivity index (χ3v) is 8.22.